The zero-order valence-corrected chi connectivity index (χ0v) is 18.4. The fourth-order valence-corrected chi connectivity index (χ4v) is 4.16. The molecule has 1 amide bonds. The number of carbonyl (C=O) groups is 1. The molecular formula is C25H23FN4O3. The summed E-state index contributed by atoms with van der Waals surface area (Å²) in [7, 11) is 3.46. The molecule has 0 fully saturated rings. The smallest absolute Gasteiger partial charge is 0.256 e. The summed E-state index contributed by atoms with van der Waals surface area (Å²) < 4.78 is 27.7. The Kier molecular flexibility index (Phi) is 5.51. The zero-order valence-electron chi connectivity index (χ0n) is 18.4. The van der Waals surface area contributed by atoms with Crippen LogP contribution in [0.5, 0.6) is 5.75 Å². The van der Waals surface area contributed by atoms with Crippen molar-refractivity contribution in [2.75, 3.05) is 20.3 Å². The third kappa shape index (κ3) is 3.93. The highest BCUT2D eigenvalue weighted by molar-refractivity contribution is 5.98. The molecule has 33 heavy (non-hydrogen) atoms. The minimum absolute atomic E-state index is 0.122. The predicted molar refractivity (Wildman–Crippen MR) is 121 cm³/mol. The molecule has 0 bridgehead atoms. The van der Waals surface area contributed by atoms with Gasteiger partial charge in [0.05, 0.1) is 24.4 Å². The standard InChI is InChI=1S/C25H23FN4O3/c1-29-14-20-18(7-8-23(24(20)28-29)33-11-10-32-2)16-5-6-17(21(26)12-16)13-30-15-22-19(25(30)31)4-3-9-27-22/h3-9,12,14H,10-11,13,15H2,1-2H3. The summed E-state index contributed by atoms with van der Waals surface area (Å²) >= 11 is 0. The molecule has 3 heterocycles. The van der Waals surface area contributed by atoms with Crippen LogP contribution in [-0.2, 0) is 24.9 Å². The number of aromatic nitrogens is 3. The van der Waals surface area contributed by atoms with E-state index in [0.29, 0.717) is 42.2 Å². The fourth-order valence-electron chi connectivity index (χ4n) is 4.16. The highest BCUT2D eigenvalue weighted by atomic mass is 19.1. The number of ether oxygens (including phenoxy) is 2. The summed E-state index contributed by atoms with van der Waals surface area (Å²) in [6.07, 6.45) is 3.56. The lowest BCUT2D eigenvalue weighted by Gasteiger charge is -2.16. The number of fused-ring (bicyclic) bond motifs is 2. The third-order valence-electron chi connectivity index (χ3n) is 5.77. The van der Waals surface area contributed by atoms with Gasteiger partial charge in [0.2, 0.25) is 0 Å². The maximum Gasteiger partial charge on any atom is 0.256 e. The second-order valence-electron chi connectivity index (χ2n) is 7.98. The molecule has 0 N–H and O–H groups in total. The van der Waals surface area contributed by atoms with Gasteiger partial charge in [0.15, 0.2) is 0 Å². The number of rotatable bonds is 7. The first-order valence-corrected chi connectivity index (χ1v) is 10.6. The molecule has 168 valence electrons. The van der Waals surface area contributed by atoms with Gasteiger partial charge in [-0.15, -0.1) is 0 Å². The lowest BCUT2D eigenvalue weighted by atomic mass is 9.99. The number of carbonyl (C=O) groups excluding carboxylic acids is 1. The first-order valence-electron chi connectivity index (χ1n) is 10.6. The lowest BCUT2D eigenvalue weighted by Crippen LogP contribution is -2.23. The molecule has 7 nitrogen and oxygen atoms in total. The van der Waals surface area contributed by atoms with Crippen molar-refractivity contribution in [3.63, 3.8) is 0 Å². The van der Waals surface area contributed by atoms with Gasteiger partial charge in [-0.2, -0.15) is 5.10 Å². The fraction of sp³-hybridized carbons (Fsp3) is 0.240. The van der Waals surface area contributed by atoms with Gasteiger partial charge < -0.3 is 14.4 Å². The maximum atomic E-state index is 15.1. The van der Waals surface area contributed by atoms with Crippen molar-refractivity contribution in [3.05, 3.63) is 77.5 Å². The normalized spacial score (nSPS) is 13.1. The molecule has 0 spiro atoms. The highest BCUT2D eigenvalue weighted by Crippen LogP contribution is 2.35. The molecule has 1 aliphatic heterocycles. The summed E-state index contributed by atoms with van der Waals surface area (Å²) in [6, 6.07) is 12.4. The number of halogens is 1. The molecule has 2 aromatic carbocycles. The summed E-state index contributed by atoms with van der Waals surface area (Å²) in [5, 5.41) is 5.39. The highest BCUT2D eigenvalue weighted by Gasteiger charge is 2.28. The molecule has 5 rings (SSSR count). The van der Waals surface area contributed by atoms with Gasteiger partial charge >= 0.3 is 0 Å². The molecule has 0 aliphatic carbocycles. The Hall–Kier alpha value is -3.78. The monoisotopic (exact) mass is 446 g/mol. The Morgan fingerprint density at radius 3 is 2.79 bits per heavy atom. The largest absolute Gasteiger partial charge is 0.489 e. The number of hydrogen-bond donors (Lipinski definition) is 0. The van der Waals surface area contributed by atoms with Crippen molar-refractivity contribution in [3.8, 4) is 16.9 Å². The molecule has 0 saturated heterocycles. The zero-order chi connectivity index (χ0) is 22.9. The molecule has 0 unspecified atom stereocenters. The van der Waals surface area contributed by atoms with E-state index in [1.165, 1.54) is 6.07 Å². The van der Waals surface area contributed by atoms with Crippen LogP contribution in [0.3, 0.4) is 0 Å². The van der Waals surface area contributed by atoms with E-state index in [-0.39, 0.29) is 18.3 Å². The van der Waals surface area contributed by atoms with E-state index in [9.17, 15) is 4.79 Å². The molecule has 0 saturated carbocycles. The van der Waals surface area contributed by atoms with Crippen molar-refractivity contribution >= 4 is 16.8 Å². The average molecular weight is 446 g/mol. The van der Waals surface area contributed by atoms with Crippen LogP contribution in [0, 0.1) is 5.82 Å². The molecule has 1 aliphatic rings. The van der Waals surface area contributed by atoms with Gasteiger partial charge in [-0.05, 0) is 41.5 Å². The third-order valence-corrected chi connectivity index (χ3v) is 5.77. The SMILES string of the molecule is COCCOc1ccc(-c2ccc(CN3Cc4ncccc4C3=O)c(F)c2)c2cn(C)nc12. The molecule has 4 aromatic rings. The number of pyridine rings is 1. The van der Waals surface area contributed by atoms with Gasteiger partial charge in [0, 0.05) is 44.0 Å². The molecule has 2 aromatic heterocycles. The Labute approximate surface area is 190 Å². The van der Waals surface area contributed by atoms with E-state index >= 15 is 4.39 Å². The second kappa shape index (κ2) is 8.63. The Morgan fingerprint density at radius 1 is 1.12 bits per heavy atom. The van der Waals surface area contributed by atoms with Crippen LogP contribution >= 0.6 is 0 Å². The minimum atomic E-state index is -0.360. The van der Waals surface area contributed by atoms with Crippen molar-refractivity contribution in [1.29, 1.82) is 0 Å². The number of hydrogen-bond acceptors (Lipinski definition) is 5. The van der Waals surface area contributed by atoms with Crippen LogP contribution in [0.2, 0.25) is 0 Å². The minimum Gasteiger partial charge on any atom is -0.489 e. The van der Waals surface area contributed by atoms with E-state index < -0.39 is 0 Å². The number of nitrogens with zero attached hydrogens (tertiary/aromatic N) is 4. The molecule has 8 heteroatoms. The van der Waals surface area contributed by atoms with Crippen LogP contribution in [0.4, 0.5) is 4.39 Å². The first-order chi connectivity index (χ1) is 16.0. The van der Waals surface area contributed by atoms with Gasteiger partial charge in [-0.3, -0.25) is 14.5 Å². The van der Waals surface area contributed by atoms with Gasteiger partial charge in [0.25, 0.3) is 5.91 Å². The van der Waals surface area contributed by atoms with Crippen molar-refractivity contribution in [2.24, 2.45) is 7.05 Å². The van der Waals surface area contributed by atoms with Crippen LogP contribution < -0.4 is 4.74 Å². The Balaban J connectivity index is 1.42. The summed E-state index contributed by atoms with van der Waals surface area (Å²) in [5.41, 5.74) is 4.07. The van der Waals surface area contributed by atoms with E-state index in [0.717, 1.165) is 22.2 Å². The number of aryl methyl sites for hydroxylation is 1. The molecular weight excluding hydrogens is 423 g/mol. The Morgan fingerprint density at radius 2 is 2.00 bits per heavy atom. The number of benzene rings is 2. The van der Waals surface area contributed by atoms with Gasteiger partial charge in [0.1, 0.15) is 23.7 Å². The van der Waals surface area contributed by atoms with E-state index in [1.807, 2.05) is 31.4 Å². The first kappa shape index (κ1) is 21.1. The van der Waals surface area contributed by atoms with Gasteiger partial charge in [-0.25, -0.2) is 4.39 Å². The van der Waals surface area contributed by atoms with Crippen LogP contribution in [0.25, 0.3) is 22.0 Å². The Bertz CT molecular complexity index is 1350. The van der Waals surface area contributed by atoms with Crippen LogP contribution in [0.1, 0.15) is 21.6 Å². The summed E-state index contributed by atoms with van der Waals surface area (Å²) in [4.78, 5) is 18.5. The quantitative estimate of drug-likeness (QED) is 0.402. The lowest BCUT2D eigenvalue weighted by molar-refractivity contribution is 0.0765. The van der Waals surface area contributed by atoms with E-state index in [4.69, 9.17) is 9.47 Å². The molecule has 0 atom stereocenters. The number of methoxy groups -OCH3 is 1. The van der Waals surface area contributed by atoms with Crippen molar-refractivity contribution < 1.29 is 18.7 Å². The van der Waals surface area contributed by atoms with Crippen LogP contribution in [0.15, 0.2) is 54.9 Å². The predicted octanol–water partition coefficient (Wildman–Crippen LogP) is 3.96. The average Bonchev–Trinajstić information content (AvgIpc) is 3.35. The summed E-state index contributed by atoms with van der Waals surface area (Å²) in [6.45, 7) is 1.47. The second-order valence-corrected chi connectivity index (χ2v) is 7.98. The maximum absolute atomic E-state index is 15.1. The topological polar surface area (TPSA) is 69.5 Å². The van der Waals surface area contributed by atoms with Crippen molar-refractivity contribution in [1.82, 2.24) is 19.7 Å². The van der Waals surface area contributed by atoms with Crippen LogP contribution in [-0.4, -0.2) is 45.9 Å². The van der Waals surface area contributed by atoms with E-state index in [1.54, 1.807) is 41.1 Å². The molecule has 0 radical (unpaired) electrons. The number of amides is 1. The van der Waals surface area contributed by atoms with E-state index in [2.05, 4.69) is 10.1 Å². The van der Waals surface area contributed by atoms with Crippen molar-refractivity contribution in [2.45, 2.75) is 13.1 Å². The summed E-state index contributed by atoms with van der Waals surface area (Å²) in [5.74, 6) is 0.175. The van der Waals surface area contributed by atoms with Gasteiger partial charge in [-0.1, -0.05) is 12.1 Å².